The first-order valence-corrected chi connectivity index (χ1v) is 8.76. The van der Waals surface area contributed by atoms with E-state index in [0.717, 1.165) is 38.1 Å². The molecule has 1 aliphatic heterocycles. The first-order chi connectivity index (χ1) is 13.0. The van der Waals surface area contributed by atoms with E-state index in [9.17, 15) is 13.6 Å². The fraction of sp³-hybridized carbons (Fsp3) is 0.350. The first kappa shape index (κ1) is 19.1. The first-order valence-electron chi connectivity index (χ1n) is 8.76. The average Bonchev–Trinajstić information content (AvgIpc) is 2.64. The number of nitrogens with one attached hydrogen (secondary N) is 1. The van der Waals surface area contributed by atoms with Crippen molar-refractivity contribution in [2.24, 2.45) is 0 Å². The minimum absolute atomic E-state index is 0.0111. The van der Waals surface area contributed by atoms with Crippen LogP contribution in [-0.2, 0) is 0 Å². The Morgan fingerprint density at radius 2 is 1.67 bits per heavy atom. The predicted octanol–water partition coefficient (Wildman–Crippen LogP) is 3.70. The van der Waals surface area contributed by atoms with E-state index in [1.165, 1.54) is 7.11 Å². The molecule has 0 radical (unpaired) electrons. The Bertz CT molecular complexity index is 780. The predicted molar refractivity (Wildman–Crippen MR) is 98.5 cm³/mol. The van der Waals surface area contributed by atoms with Crippen LogP contribution in [-0.4, -0.2) is 44.2 Å². The maximum Gasteiger partial charge on any atom is 0.261 e. The number of piperidine rings is 1. The molecule has 3 rings (SSSR count). The van der Waals surface area contributed by atoms with Crippen LogP contribution in [0.3, 0.4) is 0 Å². The molecule has 1 aliphatic rings. The van der Waals surface area contributed by atoms with Crippen molar-refractivity contribution >= 4 is 11.6 Å². The summed E-state index contributed by atoms with van der Waals surface area (Å²) in [4.78, 5) is 14.5. The molecule has 27 heavy (non-hydrogen) atoms. The number of hydrogen-bond acceptors (Lipinski definition) is 4. The Balaban J connectivity index is 1.64. The van der Waals surface area contributed by atoms with Gasteiger partial charge in [0.15, 0.2) is 0 Å². The van der Waals surface area contributed by atoms with Gasteiger partial charge in [-0.25, -0.2) is 8.78 Å². The molecule has 0 aromatic heterocycles. The Hall–Kier alpha value is -2.67. The van der Waals surface area contributed by atoms with Crippen molar-refractivity contribution in [2.75, 3.05) is 32.6 Å². The molecule has 0 bridgehead atoms. The minimum atomic E-state index is -0.980. The van der Waals surface area contributed by atoms with Crippen molar-refractivity contribution in [1.29, 1.82) is 0 Å². The summed E-state index contributed by atoms with van der Waals surface area (Å²) >= 11 is 0. The number of likely N-dealkylation sites (tertiary alicyclic amines) is 1. The van der Waals surface area contributed by atoms with E-state index in [2.05, 4.69) is 17.3 Å². The van der Waals surface area contributed by atoms with Crippen LogP contribution in [0, 0.1) is 11.6 Å². The van der Waals surface area contributed by atoms with E-state index in [1.54, 1.807) is 24.3 Å². The Morgan fingerprint density at radius 3 is 2.22 bits per heavy atom. The van der Waals surface area contributed by atoms with E-state index in [-0.39, 0.29) is 11.9 Å². The number of amides is 1. The van der Waals surface area contributed by atoms with Crippen LogP contribution >= 0.6 is 0 Å². The van der Waals surface area contributed by atoms with Gasteiger partial charge in [0.25, 0.3) is 5.91 Å². The van der Waals surface area contributed by atoms with Crippen LogP contribution in [0.25, 0.3) is 0 Å². The molecule has 1 saturated heterocycles. The summed E-state index contributed by atoms with van der Waals surface area (Å²) < 4.78 is 38.7. The van der Waals surface area contributed by atoms with Crippen LogP contribution in [0.1, 0.15) is 23.2 Å². The maximum atomic E-state index is 14.0. The number of carbonyl (C=O) groups is 1. The van der Waals surface area contributed by atoms with Crippen LogP contribution in [0.4, 0.5) is 14.5 Å². The van der Waals surface area contributed by atoms with E-state index < -0.39 is 23.1 Å². The molecule has 5 nitrogen and oxygen atoms in total. The number of anilines is 1. The third-order valence-electron chi connectivity index (χ3n) is 4.56. The summed E-state index contributed by atoms with van der Waals surface area (Å²) in [6.07, 6.45) is 2.10. The highest BCUT2D eigenvalue weighted by atomic mass is 19.1. The quantitative estimate of drug-likeness (QED) is 0.865. The van der Waals surface area contributed by atoms with Gasteiger partial charge in [0.2, 0.25) is 0 Å². The second kappa shape index (κ2) is 8.35. The van der Waals surface area contributed by atoms with Gasteiger partial charge in [-0.1, -0.05) is 0 Å². The largest absolute Gasteiger partial charge is 0.497 e. The second-order valence-corrected chi connectivity index (χ2v) is 6.57. The highest BCUT2D eigenvalue weighted by molar-refractivity contribution is 6.04. The number of methoxy groups -OCH3 is 1. The number of benzene rings is 2. The molecule has 2 aromatic rings. The van der Waals surface area contributed by atoms with E-state index in [0.29, 0.717) is 11.4 Å². The van der Waals surface area contributed by atoms with Crippen LogP contribution in [0.2, 0.25) is 0 Å². The molecule has 0 aliphatic carbocycles. The molecule has 0 spiro atoms. The highest BCUT2D eigenvalue weighted by Crippen LogP contribution is 2.23. The van der Waals surface area contributed by atoms with E-state index in [1.807, 2.05) is 0 Å². The maximum absolute atomic E-state index is 14.0. The number of nitrogens with zero attached hydrogens (tertiary/aromatic N) is 1. The monoisotopic (exact) mass is 376 g/mol. The van der Waals surface area contributed by atoms with Gasteiger partial charge in [0, 0.05) is 30.9 Å². The number of rotatable bonds is 5. The van der Waals surface area contributed by atoms with Gasteiger partial charge in [0.05, 0.1) is 7.11 Å². The molecule has 144 valence electrons. The number of carbonyl (C=O) groups excluding carboxylic acids is 1. The lowest BCUT2D eigenvalue weighted by molar-refractivity contribution is 0.101. The van der Waals surface area contributed by atoms with Crippen molar-refractivity contribution in [2.45, 2.75) is 18.9 Å². The van der Waals surface area contributed by atoms with Gasteiger partial charge in [-0.3, -0.25) is 4.79 Å². The molecule has 1 N–H and O–H groups in total. The molecule has 7 heteroatoms. The van der Waals surface area contributed by atoms with Gasteiger partial charge < -0.3 is 19.7 Å². The van der Waals surface area contributed by atoms with Gasteiger partial charge in [-0.15, -0.1) is 0 Å². The SMILES string of the molecule is COc1cc(F)c(C(=O)Nc2ccc(OC3CCN(C)CC3)cc2)c(F)c1. The molecule has 1 amide bonds. The summed E-state index contributed by atoms with van der Waals surface area (Å²) in [5.74, 6) is -2.11. The number of hydrogen-bond donors (Lipinski definition) is 1. The molecular weight excluding hydrogens is 354 g/mol. The summed E-state index contributed by atoms with van der Waals surface area (Å²) in [7, 11) is 3.38. The van der Waals surface area contributed by atoms with Gasteiger partial charge in [0.1, 0.15) is 34.8 Å². The van der Waals surface area contributed by atoms with Gasteiger partial charge in [-0.2, -0.15) is 0 Å². The molecule has 0 atom stereocenters. The summed E-state index contributed by atoms with van der Waals surface area (Å²) in [5.41, 5.74) is -0.229. The van der Waals surface area contributed by atoms with Crippen molar-refractivity contribution in [3.05, 3.63) is 53.6 Å². The van der Waals surface area contributed by atoms with E-state index >= 15 is 0 Å². The third kappa shape index (κ3) is 4.74. The third-order valence-corrected chi connectivity index (χ3v) is 4.56. The zero-order valence-corrected chi connectivity index (χ0v) is 15.3. The number of halogens is 2. The smallest absolute Gasteiger partial charge is 0.261 e. The van der Waals surface area contributed by atoms with Gasteiger partial charge >= 0.3 is 0 Å². The minimum Gasteiger partial charge on any atom is -0.497 e. The lowest BCUT2D eigenvalue weighted by Crippen LogP contribution is -2.35. The van der Waals surface area contributed by atoms with Gasteiger partial charge in [-0.05, 0) is 44.2 Å². The second-order valence-electron chi connectivity index (χ2n) is 6.57. The summed E-state index contributed by atoms with van der Waals surface area (Å²) in [5, 5.41) is 2.49. The fourth-order valence-corrected chi connectivity index (χ4v) is 2.99. The molecular formula is C20H22F2N2O3. The molecule has 1 fully saturated rings. The summed E-state index contributed by atoms with van der Waals surface area (Å²) in [6, 6.07) is 8.68. The lowest BCUT2D eigenvalue weighted by atomic mass is 10.1. The Morgan fingerprint density at radius 1 is 1.07 bits per heavy atom. The van der Waals surface area contributed by atoms with Crippen LogP contribution in [0.5, 0.6) is 11.5 Å². The zero-order chi connectivity index (χ0) is 19.4. The van der Waals surface area contributed by atoms with Crippen molar-refractivity contribution in [1.82, 2.24) is 4.90 Å². The van der Waals surface area contributed by atoms with Crippen LogP contribution in [0.15, 0.2) is 36.4 Å². The molecule has 0 unspecified atom stereocenters. The summed E-state index contributed by atoms with van der Waals surface area (Å²) in [6.45, 7) is 2.00. The molecule has 1 heterocycles. The van der Waals surface area contributed by atoms with Crippen LogP contribution < -0.4 is 14.8 Å². The molecule has 0 saturated carbocycles. The van der Waals surface area contributed by atoms with Crippen molar-refractivity contribution in [3.63, 3.8) is 0 Å². The normalized spacial score (nSPS) is 15.4. The number of ether oxygens (including phenoxy) is 2. The lowest BCUT2D eigenvalue weighted by Gasteiger charge is -2.29. The standard InChI is InChI=1S/C20H22F2N2O3/c1-24-9-7-15(8-10-24)27-14-5-3-13(4-6-14)23-20(25)19-17(21)11-16(26-2)12-18(19)22/h3-6,11-12,15H,7-10H2,1-2H3,(H,23,25). The average molecular weight is 376 g/mol. The Labute approximate surface area is 156 Å². The molecule has 2 aromatic carbocycles. The topological polar surface area (TPSA) is 50.8 Å². The Kier molecular flexibility index (Phi) is 5.91. The zero-order valence-electron chi connectivity index (χ0n) is 15.3. The fourth-order valence-electron chi connectivity index (χ4n) is 2.99. The highest BCUT2D eigenvalue weighted by Gasteiger charge is 2.20. The van der Waals surface area contributed by atoms with E-state index in [4.69, 9.17) is 9.47 Å². The van der Waals surface area contributed by atoms with Crippen molar-refractivity contribution in [3.8, 4) is 11.5 Å². The van der Waals surface area contributed by atoms with Crippen molar-refractivity contribution < 1.29 is 23.0 Å².